The zero-order valence-corrected chi connectivity index (χ0v) is 61.7. The molecular formula is C77H112S8Si. The van der Waals surface area contributed by atoms with E-state index in [1.54, 1.807) is 20.9 Å². The molecule has 0 aliphatic carbocycles. The lowest BCUT2D eigenvalue weighted by molar-refractivity contribution is 0.556. The third kappa shape index (κ3) is 20.9. The minimum absolute atomic E-state index is 0. The number of fused-ring (bicyclic) bond motifs is 3. The predicted molar refractivity (Wildman–Crippen MR) is 407 cm³/mol. The van der Waals surface area contributed by atoms with Crippen LogP contribution in [0.1, 0.15) is 271 Å². The van der Waals surface area contributed by atoms with Gasteiger partial charge in [-0.05, 0) is 160 Å². The van der Waals surface area contributed by atoms with Crippen LogP contribution in [0, 0.1) is 27.7 Å². The van der Waals surface area contributed by atoms with Gasteiger partial charge in [0.2, 0.25) is 0 Å². The van der Waals surface area contributed by atoms with Crippen LogP contribution in [0.2, 0.25) is 12.1 Å². The molecule has 0 radical (unpaired) electrons. The number of rotatable bonds is 41. The van der Waals surface area contributed by atoms with E-state index in [0.29, 0.717) is 0 Å². The topological polar surface area (TPSA) is 0 Å². The fourth-order valence-corrected chi connectivity index (χ4v) is 28.9. The Hall–Kier alpha value is -2.18. The molecule has 8 aromatic rings. The molecule has 0 N–H and O–H groups in total. The van der Waals surface area contributed by atoms with Gasteiger partial charge >= 0.3 is 0 Å². The van der Waals surface area contributed by atoms with Gasteiger partial charge in [0.05, 0.1) is 0 Å². The summed E-state index contributed by atoms with van der Waals surface area (Å²) in [5.41, 5.74) is 3.18. The second-order valence-electron chi connectivity index (χ2n) is 25.2. The lowest BCUT2D eigenvalue weighted by Crippen LogP contribution is -2.54. The lowest BCUT2D eigenvalue weighted by Gasteiger charge is -2.29. The average Bonchev–Trinajstić information content (AvgIpc) is 1.89. The maximum Gasteiger partial charge on any atom is 0.122 e. The molecule has 8 aromatic heterocycles. The second-order valence-corrected chi connectivity index (χ2v) is 38.8. The number of hydrogen-bond acceptors (Lipinski definition) is 8. The number of unbranched alkanes of at least 4 members (excludes halogenated alkanes) is 28. The molecule has 0 unspecified atom stereocenters. The molecule has 1 aliphatic heterocycles. The first-order chi connectivity index (χ1) is 41.6. The van der Waals surface area contributed by atoms with Crippen molar-refractivity contribution in [1.82, 2.24) is 0 Å². The summed E-state index contributed by atoms with van der Waals surface area (Å²) in [5.74, 6) is 0. The molecule has 0 amide bonds. The van der Waals surface area contributed by atoms with Crippen molar-refractivity contribution in [2.24, 2.45) is 0 Å². The van der Waals surface area contributed by atoms with Gasteiger partial charge in [0.1, 0.15) is 8.07 Å². The second kappa shape index (κ2) is 38.6. The highest BCUT2D eigenvalue weighted by atomic mass is 32.1. The number of aryl methyl sites for hydroxylation is 6. The van der Waals surface area contributed by atoms with E-state index in [2.05, 4.69) is 162 Å². The van der Waals surface area contributed by atoms with Crippen molar-refractivity contribution in [1.29, 1.82) is 0 Å². The van der Waals surface area contributed by atoms with E-state index in [4.69, 9.17) is 0 Å². The molecule has 9 heterocycles. The fraction of sp³-hybridized carbons (Fsp3) is 0.584. The number of hydrogen-bond donors (Lipinski definition) is 0. The summed E-state index contributed by atoms with van der Waals surface area (Å²) in [4.78, 5) is 23.8. The highest BCUT2D eigenvalue weighted by Crippen LogP contribution is 2.49. The van der Waals surface area contributed by atoms with Crippen molar-refractivity contribution in [3.8, 4) is 58.5 Å². The average molecular weight is 1320 g/mol. The van der Waals surface area contributed by atoms with Crippen LogP contribution in [0.4, 0.5) is 0 Å². The molecule has 0 bridgehead atoms. The molecule has 9 heteroatoms. The van der Waals surface area contributed by atoms with Gasteiger partial charge < -0.3 is 0 Å². The van der Waals surface area contributed by atoms with E-state index in [1.807, 2.05) is 67.1 Å². The van der Waals surface area contributed by atoms with E-state index < -0.39 is 8.07 Å². The van der Waals surface area contributed by atoms with Crippen LogP contribution in [-0.4, -0.2) is 8.07 Å². The zero-order chi connectivity index (χ0) is 59.6. The molecule has 0 spiro atoms. The van der Waals surface area contributed by atoms with E-state index in [0.717, 1.165) is 0 Å². The molecule has 0 fully saturated rings. The molecular weight excluding hydrogens is 1210 g/mol. The zero-order valence-electron chi connectivity index (χ0n) is 54.2. The van der Waals surface area contributed by atoms with Gasteiger partial charge in [0.25, 0.3) is 0 Å². The van der Waals surface area contributed by atoms with Crippen LogP contribution >= 0.6 is 90.7 Å². The van der Waals surface area contributed by atoms with Gasteiger partial charge in [0, 0.05) is 78.0 Å². The van der Waals surface area contributed by atoms with Crippen molar-refractivity contribution < 1.29 is 0 Å². The summed E-state index contributed by atoms with van der Waals surface area (Å²) >= 11 is 16.1. The fourth-order valence-electron chi connectivity index (χ4n) is 13.1. The van der Waals surface area contributed by atoms with E-state index in [-0.39, 0.29) is 7.43 Å². The Labute approximate surface area is 559 Å². The molecule has 472 valence electrons. The normalized spacial score (nSPS) is 12.5. The van der Waals surface area contributed by atoms with Crippen LogP contribution < -0.4 is 10.4 Å². The van der Waals surface area contributed by atoms with Gasteiger partial charge in [0.15, 0.2) is 0 Å². The summed E-state index contributed by atoms with van der Waals surface area (Å²) in [5, 5.41) is 3.63. The van der Waals surface area contributed by atoms with E-state index in [1.165, 1.54) is 299 Å². The quantitative estimate of drug-likeness (QED) is 0.0265. The van der Waals surface area contributed by atoms with Crippen LogP contribution in [0.25, 0.3) is 58.5 Å². The van der Waals surface area contributed by atoms with E-state index >= 15 is 0 Å². The Kier molecular flexibility index (Phi) is 32.0. The van der Waals surface area contributed by atoms with Gasteiger partial charge in [-0.15, -0.1) is 90.7 Å². The Balaban J connectivity index is 0.000000246. The van der Waals surface area contributed by atoms with Gasteiger partial charge in [-0.2, -0.15) is 0 Å². The largest absolute Gasteiger partial charge is 0.140 e. The highest BCUT2D eigenvalue weighted by Gasteiger charge is 2.47. The minimum Gasteiger partial charge on any atom is -0.140 e. The van der Waals surface area contributed by atoms with Crippen molar-refractivity contribution >= 4 is 109 Å². The molecule has 0 aromatic carbocycles. The SMILES string of the molecule is C.CCCCCCCCCCCCc1cc(-c2cc(CCCCCCCCCCCC)c(-c3ccc(-c4ccc(C)s4)s3)s2)sc1C.CCCCCCCC[Si]1(CCCCCCCC)c2cc(C)sc2-c2sc(-c3ccc(-c4ccc(C)s4)s3)cc21. The highest BCUT2D eigenvalue weighted by molar-refractivity contribution is 7.33. The summed E-state index contributed by atoms with van der Waals surface area (Å²) < 4.78 is 0. The van der Waals surface area contributed by atoms with Crippen LogP contribution in [-0.2, 0) is 12.8 Å². The van der Waals surface area contributed by atoms with Crippen molar-refractivity contribution in [3.05, 3.63) is 103 Å². The molecule has 0 saturated heterocycles. The summed E-state index contributed by atoms with van der Waals surface area (Å²) in [6.07, 6.45) is 47.4. The smallest absolute Gasteiger partial charge is 0.122 e. The molecule has 1 aliphatic rings. The third-order valence-electron chi connectivity index (χ3n) is 18.1. The minimum atomic E-state index is -1.73. The Bertz CT molecular complexity index is 3090. The lowest BCUT2D eigenvalue weighted by atomic mass is 10.0. The molecule has 9 rings (SSSR count). The predicted octanol–water partition coefficient (Wildman–Crippen LogP) is 29.3. The van der Waals surface area contributed by atoms with Crippen LogP contribution in [0.5, 0.6) is 0 Å². The van der Waals surface area contributed by atoms with E-state index in [9.17, 15) is 0 Å². The Morgan fingerprint density at radius 3 is 1.08 bits per heavy atom. The number of thiophene rings is 8. The molecule has 0 nitrogen and oxygen atoms in total. The Morgan fingerprint density at radius 1 is 0.267 bits per heavy atom. The monoisotopic (exact) mass is 1320 g/mol. The first kappa shape index (κ1) is 71.3. The van der Waals surface area contributed by atoms with Crippen molar-refractivity contribution in [2.75, 3.05) is 0 Å². The summed E-state index contributed by atoms with van der Waals surface area (Å²) in [6.45, 7) is 18.4. The first-order valence-electron chi connectivity index (χ1n) is 34.5. The summed E-state index contributed by atoms with van der Waals surface area (Å²) in [7, 11) is -1.73. The van der Waals surface area contributed by atoms with Crippen LogP contribution in [0.15, 0.2) is 72.8 Å². The van der Waals surface area contributed by atoms with Gasteiger partial charge in [-0.25, -0.2) is 0 Å². The first-order valence-corrected chi connectivity index (χ1v) is 43.4. The standard InChI is InChI=1S/C42H62S4.C34H46S4Si.CH4/c1-5-7-9-11-13-15-17-19-21-23-25-35-31-40(44-34(35)4)41-32-36(26-24-22-20-18-16-14-12-10-8-6-2)42(46-41)39-30-29-38(45-39)37-28-27-33(3)43-37;1-5-7-9-11-13-15-21-39(22-16-14-12-10-8-6-2)31-23-26(4)36-33(31)34-32(39)24-30(38-34)29-20-19-28(37-29)27-18-17-25(3)35-27;/h27-32H,5-26H2,1-4H3;17-20,23-24H,5-16,21-22H2,1-4H3;1H4. The van der Waals surface area contributed by atoms with Crippen LogP contribution in [0.3, 0.4) is 0 Å². The van der Waals surface area contributed by atoms with Crippen molar-refractivity contribution in [3.63, 3.8) is 0 Å². The maximum absolute atomic E-state index is 2.69. The summed E-state index contributed by atoms with van der Waals surface area (Å²) in [6, 6.07) is 32.0. The maximum atomic E-state index is 2.69. The van der Waals surface area contributed by atoms with Crippen molar-refractivity contribution in [2.45, 2.75) is 293 Å². The molecule has 86 heavy (non-hydrogen) atoms. The van der Waals surface area contributed by atoms with Gasteiger partial charge in [-0.3, -0.25) is 0 Å². The van der Waals surface area contributed by atoms with Gasteiger partial charge in [-0.1, -0.05) is 228 Å². The Morgan fingerprint density at radius 2 is 0.605 bits per heavy atom. The molecule has 0 saturated carbocycles. The molecule has 0 atom stereocenters. The third-order valence-corrected chi connectivity index (χ3v) is 33.4.